The normalized spacial score (nSPS) is 21.1. The summed E-state index contributed by atoms with van der Waals surface area (Å²) in [5.74, 6) is 1.39. The Labute approximate surface area is 140 Å². The van der Waals surface area contributed by atoms with Crippen LogP contribution < -0.4 is 10.2 Å². The van der Waals surface area contributed by atoms with Gasteiger partial charge in [0.1, 0.15) is 5.82 Å². The van der Waals surface area contributed by atoms with Gasteiger partial charge in [-0.1, -0.05) is 0 Å². The summed E-state index contributed by atoms with van der Waals surface area (Å²) in [7, 11) is 3.83. The van der Waals surface area contributed by atoms with E-state index >= 15 is 0 Å². The molecule has 0 bridgehead atoms. The van der Waals surface area contributed by atoms with Gasteiger partial charge in [-0.3, -0.25) is 0 Å². The van der Waals surface area contributed by atoms with E-state index in [0.717, 1.165) is 5.82 Å². The van der Waals surface area contributed by atoms with Crippen LogP contribution in [0.15, 0.2) is 12.1 Å². The zero-order valence-electron chi connectivity index (χ0n) is 14.4. The van der Waals surface area contributed by atoms with Crippen molar-refractivity contribution < 1.29 is 9.53 Å². The Kier molecular flexibility index (Phi) is 4.52. The van der Waals surface area contributed by atoms with E-state index < -0.39 is 0 Å². The number of aromatic nitrogens is 4. The molecule has 0 aromatic carbocycles. The minimum atomic E-state index is -0.127. The lowest BCUT2D eigenvalue weighted by atomic mass is 10.2. The summed E-state index contributed by atoms with van der Waals surface area (Å²) in [6, 6.07) is 3.60. The molecule has 2 aromatic rings. The highest BCUT2D eigenvalue weighted by molar-refractivity contribution is 5.74. The molecular formula is C15H23N7O2. The zero-order chi connectivity index (χ0) is 17.3. The fourth-order valence-electron chi connectivity index (χ4n) is 2.78. The summed E-state index contributed by atoms with van der Waals surface area (Å²) in [6.45, 7) is 5.37. The average Bonchev–Trinajstić information content (AvgIpc) is 2.93. The fourth-order valence-corrected chi connectivity index (χ4v) is 2.78. The van der Waals surface area contributed by atoms with E-state index in [-0.39, 0.29) is 24.8 Å². The van der Waals surface area contributed by atoms with Crippen molar-refractivity contribution in [3.05, 3.63) is 18.0 Å². The lowest BCUT2D eigenvalue weighted by molar-refractivity contribution is -0.0545. The summed E-state index contributed by atoms with van der Waals surface area (Å²) in [4.78, 5) is 16.0. The highest BCUT2D eigenvalue weighted by atomic mass is 16.5. The van der Waals surface area contributed by atoms with Gasteiger partial charge in [-0.15, -0.1) is 15.3 Å². The van der Waals surface area contributed by atoms with Gasteiger partial charge in [-0.2, -0.15) is 4.52 Å². The van der Waals surface area contributed by atoms with Gasteiger partial charge in [0.2, 0.25) is 0 Å². The molecule has 1 aliphatic heterocycles. The quantitative estimate of drug-likeness (QED) is 0.880. The molecule has 2 aromatic heterocycles. The summed E-state index contributed by atoms with van der Waals surface area (Å²) in [5, 5.41) is 15.6. The Morgan fingerprint density at radius 1 is 1.29 bits per heavy atom. The van der Waals surface area contributed by atoms with Gasteiger partial charge in [-0.25, -0.2) is 4.79 Å². The van der Waals surface area contributed by atoms with Crippen LogP contribution in [-0.2, 0) is 11.3 Å². The number of carbonyl (C=O) groups is 1. The summed E-state index contributed by atoms with van der Waals surface area (Å²) in [6.07, 6.45) is 0.0791. The summed E-state index contributed by atoms with van der Waals surface area (Å²) < 4.78 is 7.30. The number of rotatable bonds is 3. The van der Waals surface area contributed by atoms with Gasteiger partial charge in [0, 0.05) is 27.2 Å². The predicted molar refractivity (Wildman–Crippen MR) is 88.9 cm³/mol. The molecule has 130 valence electrons. The van der Waals surface area contributed by atoms with Crippen LogP contribution in [0.4, 0.5) is 10.6 Å². The topological polar surface area (TPSA) is 87.9 Å². The third-order valence-electron chi connectivity index (χ3n) is 3.88. The first-order valence-electron chi connectivity index (χ1n) is 8.01. The lowest BCUT2D eigenvalue weighted by Crippen LogP contribution is -2.51. The molecule has 0 unspecified atom stereocenters. The predicted octanol–water partition coefficient (Wildman–Crippen LogP) is 0.509. The van der Waals surface area contributed by atoms with Crippen molar-refractivity contribution in [3.63, 3.8) is 0 Å². The van der Waals surface area contributed by atoms with E-state index in [0.29, 0.717) is 24.6 Å². The van der Waals surface area contributed by atoms with Gasteiger partial charge >= 0.3 is 6.03 Å². The van der Waals surface area contributed by atoms with E-state index in [9.17, 15) is 4.79 Å². The summed E-state index contributed by atoms with van der Waals surface area (Å²) in [5.41, 5.74) is 0.651. The van der Waals surface area contributed by atoms with Gasteiger partial charge in [0.15, 0.2) is 11.5 Å². The van der Waals surface area contributed by atoms with Crippen LogP contribution in [-0.4, -0.2) is 70.1 Å². The maximum Gasteiger partial charge on any atom is 0.317 e. The molecule has 0 saturated carbocycles. The highest BCUT2D eigenvalue weighted by Crippen LogP contribution is 2.12. The Morgan fingerprint density at radius 3 is 2.67 bits per heavy atom. The maximum atomic E-state index is 12.4. The minimum absolute atomic E-state index is 0.0396. The zero-order valence-corrected chi connectivity index (χ0v) is 14.4. The van der Waals surface area contributed by atoms with Crippen LogP contribution in [0.3, 0.4) is 0 Å². The molecule has 0 aliphatic carbocycles. The molecule has 0 spiro atoms. The number of carbonyl (C=O) groups excluding carboxylic acids is 1. The SMILES string of the molecule is C[C@@H]1CN(C(=O)NCc2nnc3ccc(N(C)C)nn23)C[C@H](C)O1. The number of nitrogens with one attached hydrogen (secondary N) is 1. The van der Waals surface area contributed by atoms with Gasteiger partial charge in [-0.05, 0) is 26.0 Å². The van der Waals surface area contributed by atoms with Crippen LogP contribution in [0.5, 0.6) is 0 Å². The molecule has 1 aliphatic rings. The number of anilines is 1. The van der Waals surface area contributed by atoms with Crippen LogP contribution >= 0.6 is 0 Å². The Balaban J connectivity index is 1.69. The van der Waals surface area contributed by atoms with E-state index in [1.807, 2.05) is 45.0 Å². The van der Waals surface area contributed by atoms with E-state index in [1.54, 1.807) is 9.42 Å². The Bertz CT molecular complexity index is 720. The van der Waals surface area contributed by atoms with Crippen molar-refractivity contribution >= 4 is 17.5 Å². The molecule has 1 fully saturated rings. The first kappa shape index (κ1) is 16.4. The number of hydrogen-bond donors (Lipinski definition) is 1. The highest BCUT2D eigenvalue weighted by Gasteiger charge is 2.25. The van der Waals surface area contributed by atoms with Crippen molar-refractivity contribution in [2.24, 2.45) is 0 Å². The van der Waals surface area contributed by atoms with Crippen LogP contribution in [0, 0.1) is 0 Å². The molecular weight excluding hydrogens is 310 g/mol. The molecule has 1 saturated heterocycles. The second-order valence-corrected chi connectivity index (χ2v) is 6.29. The van der Waals surface area contributed by atoms with Crippen LogP contribution in [0.25, 0.3) is 5.65 Å². The molecule has 9 nitrogen and oxygen atoms in total. The number of morpholine rings is 1. The Morgan fingerprint density at radius 2 is 2.00 bits per heavy atom. The lowest BCUT2D eigenvalue weighted by Gasteiger charge is -2.35. The largest absolute Gasteiger partial charge is 0.372 e. The second-order valence-electron chi connectivity index (χ2n) is 6.29. The second kappa shape index (κ2) is 6.60. The Hall–Kier alpha value is -2.42. The van der Waals surface area contributed by atoms with Crippen LogP contribution in [0.2, 0.25) is 0 Å². The van der Waals surface area contributed by atoms with E-state index in [1.165, 1.54) is 0 Å². The van der Waals surface area contributed by atoms with Crippen molar-refractivity contribution in [1.82, 2.24) is 30.0 Å². The van der Waals surface area contributed by atoms with Crippen molar-refractivity contribution in [2.45, 2.75) is 32.6 Å². The van der Waals surface area contributed by atoms with Crippen molar-refractivity contribution in [1.29, 1.82) is 0 Å². The van der Waals surface area contributed by atoms with Crippen molar-refractivity contribution in [3.8, 4) is 0 Å². The number of urea groups is 1. The molecule has 2 amide bonds. The monoisotopic (exact) mass is 333 g/mol. The number of nitrogens with zero attached hydrogens (tertiary/aromatic N) is 6. The molecule has 3 heterocycles. The standard InChI is InChI=1S/C15H23N7O2/c1-10-8-21(9-11(2)24-10)15(23)16-7-14-18-17-12-5-6-13(20(3)4)19-22(12)14/h5-6,10-11H,7-9H2,1-4H3,(H,16,23)/t10-,11+. The molecule has 0 radical (unpaired) electrons. The van der Waals surface area contributed by atoms with Crippen molar-refractivity contribution in [2.75, 3.05) is 32.1 Å². The van der Waals surface area contributed by atoms with Gasteiger partial charge in [0.25, 0.3) is 0 Å². The molecule has 9 heteroatoms. The fraction of sp³-hybridized carbons (Fsp3) is 0.600. The average molecular weight is 333 g/mol. The molecule has 1 N–H and O–H groups in total. The van der Waals surface area contributed by atoms with Gasteiger partial charge in [0.05, 0.1) is 18.8 Å². The number of fused-ring (bicyclic) bond motifs is 1. The number of hydrogen-bond acceptors (Lipinski definition) is 6. The third-order valence-corrected chi connectivity index (χ3v) is 3.88. The number of amides is 2. The number of ether oxygens (including phenoxy) is 1. The maximum absolute atomic E-state index is 12.4. The minimum Gasteiger partial charge on any atom is -0.372 e. The van der Waals surface area contributed by atoms with E-state index in [4.69, 9.17) is 4.74 Å². The first-order chi connectivity index (χ1) is 11.4. The third kappa shape index (κ3) is 3.40. The smallest absolute Gasteiger partial charge is 0.317 e. The molecule has 3 rings (SSSR count). The van der Waals surface area contributed by atoms with Gasteiger partial charge < -0.3 is 19.9 Å². The molecule has 24 heavy (non-hydrogen) atoms. The molecule has 2 atom stereocenters. The first-order valence-corrected chi connectivity index (χ1v) is 8.01. The van der Waals surface area contributed by atoms with Crippen LogP contribution in [0.1, 0.15) is 19.7 Å². The summed E-state index contributed by atoms with van der Waals surface area (Å²) >= 11 is 0. The van der Waals surface area contributed by atoms with E-state index in [2.05, 4.69) is 20.6 Å².